The first-order valence-electron chi connectivity index (χ1n) is 9.17. The lowest BCUT2D eigenvalue weighted by Gasteiger charge is -2.56. The highest BCUT2D eigenvalue weighted by Crippen LogP contribution is 2.41. The van der Waals surface area contributed by atoms with Crippen molar-refractivity contribution in [1.29, 1.82) is 0 Å². The topological polar surface area (TPSA) is 86.1 Å². The minimum Gasteiger partial charge on any atom is -0.454 e. The second-order valence-corrected chi connectivity index (χ2v) is 7.32. The van der Waals surface area contributed by atoms with Crippen molar-refractivity contribution in [1.82, 2.24) is 4.98 Å². The predicted octanol–water partition coefficient (Wildman–Crippen LogP) is 2.79. The number of aromatic nitrogens is 1. The van der Waals surface area contributed by atoms with Crippen LogP contribution in [-0.4, -0.2) is 43.0 Å². The molecule has 3 aliphatic heterocycles. The molecule has 0 atom stereocenters. The third kappa shape index (κ3) is 2.27. The summed E-state index contributed by atoms with van der Waals surface area (Å²) in [7, 11) is 0. The summed E-state index contributed by atoms with van der Waals surface area (Å²) in [6.45, 7) is 2.55. The maximum atomic E-state index is 12.6. The molecule has 8 heteroatoms. The molecule has 2 aromatic carbocycles. The molecule has 8 nitrogen and oxygen atoms in total. The van der Waals surface area contributed by atoms with Crippen LogP contribution in [0.1, 0.15) is 16.8 Å². The summed E-state index contributed by atoms with van der Waals surface area (Å²) in [5.41, 5.74) is 2.62. The van der Waals surface area contributed by atoms with Crippen LogP contribution in [0.15, 0.2) is 40.8 Å². The van der Waals surface area contributed by atoms with Crippen LogP contribution in [-0.2, 0) is 4.74 Å². The lowest BCUT2D eigenvalue weighted by Crippen LogP contribution is -2.71. The highest BCUT2D eigenvalue weighted by Gasteiger charge is 2.52. The molecule has 0 unspecified atom stereocenters. The van der Waals surface area contributed by atoms with Crippen LogP contribution in [0.3, 0.4) is 0 Å². The number of benzene rings is 2. The molecule has 4 heterocycles. The number of nitrogens with zero attached hydrogens (tertiary/aromatic N) is 2. The second kappa shape index (κ2) is 5.62. The van der Waals surface area contributed by atoms with Gasteiger partial charge in [-0.3, -0.25) is 4.79 Å². The van der Waals surface area contributed by atoms with Crippen LogP contribution in [0.2, 0.25) is 0 Å². The SMILES string of the molecule is O=C(Nc1ccc2oc(N3CCC34COC4)nc2c1)c1ccc2c(c1)OCO2. The molecule has 0 aliphatic carbocycles. The number of carbonyl (C=O) groups excluding carboxylic acids is 1. The van der Waals surface area contributed by atoms with Crippen molar-refractivity contribution in [3.05, 3.63) is 42.0 Å². The van der Waals surface area contributed by atoms with Crippen LogP contribution in [0.4, 0.5) is 11.7 Å². The van der Waals surface area contributed by atoms with Crippen molar-refractivity contribution >= 4 is 28.7 Å². The summed E-state index contributed by atoms with van der Waals surface area (Å²) in [6, 6.07) is 11.2. The Balaban J connectivity index is 1.24. The number of fused-ring (bicyclic) bond motifs is 2. The van der Waals surface area contributed by atoms with Crippen LogP contribution >= 0.6 is 0 Å². The van der Waals surface area contributed by atoms with Gasteiger partial charge in [-0.25, -0.2) is 0 Å². The summed E-state index contributed by atoms with van der Waals surface area (Å²) in [5.74, 6) is 0.996. The number of rotatable bonds is 3. The van der Waals surface area contributed by atoms with E-state index in [2.05, 4.69) is 15.2 Å². The molecule has 0 bridgehead atoms. The molecular formula is C20H17N3O5. The van der Waals surface area contributed by atoms with E-state index in [-0.39, 0.29) is 18.2 Å². The van der Waals surface area contributed by atoms with Gasteiger partial charge in [-0.05, 0) is 42.8 Å². The van der Waals surface area contributed by atoms with E-state index < -0.39 is 0 Å². The van der Waals surface area contributed by atoms with Crippen molar-refractivity contribution in [2.45, 2.75) is 12.0 Å². The summed E-state index contributed by atoms with van der Waals surface area (Å²) in [6.07, 6.45) is 1.10. The van der Waals surface area contributed by atoms with Gasteiger partial charge in [0.25, 0.3) is 11.9 Å². The maximum Gasteiger partial charge on any atom is 0.299 e. The first-order valence-corrected chi connectivity index (χ1v) is 9.17. The Morgan fingerprint density at radius 3 is 2.79 bits per heavy atom. The van der Waals surface area contributed by atoms with Gasteiger partial charge in [0.2, 0.25) is 6.79 Å². The Kier molecular flexibility index (Phi) is 3.16. The Bertz CT molecular complexity index is 1100. The number of anilines is 2. The van der Waals surface area contributed by atoms with E-state index >= 15 is 0 Å². The predicted molar refractivity (Wildman–Crippen MR) is 100 cm³/mol. The smallest absolute Gasteiger partial charge is 0.299 e. The zero-order valence-corrected chi connectivity index (χ0v) is 14.9. The lowest BCUT2D eigenvalue weighted by molar-refractivity contribution is -0.0870. The third-order valence-electron chi connectivity index (χ3n) is 5.61. The van der Waals surface area contributed by atoms with E-state index in [1.54, 1.807) is 24.3 Å². The zero-order valence-electron chi connectivity index (χ0n) is 14.9. The maximum absolute atomic E-state index is 12.6. The summed E-state index contributed by atoms with van der Waals surface area (Å²) < 4.78 is 21.9. The van der Waals surface area contributed by atoms with Gasteiger partial charge in [-0.2, -0.15) is 4.98 Å². The van der Waals surface area contributed by atoms with E-state index in [1.165, 1.54) is 0 Å². The Labute approximate surface area is 160 Å². The van der Waals surface area contributed by atoms with Crippen LogP contribution in [0.25, 0.3) is 11.1 Å². The fraction of sp³-hybridized carbons (Fsp3) is 0.300. The van der Waals surface area contributed by atoms with Gasteiger partial charge in [0.15, 0.2) is 17.1 Å². The normalized spacial score (nSPS) is 18.8. The molecule has 1 spiro atoms. The molecule has 142 valence electrons. The first-order chi connectivity index (χ1) is 13.7. The molecule has 28 heavy (non-hydrogen) atoms. The molecule has 0 radical (unpaired) electrons. The quantitative estimate of drug-likeness (QED) is 0.749. The molecule has 2 fully saturated rings. The largest absolute Gasteiger partial charge is 0.454 e. The Morgan fingerprint density at radius 2 is 2.00 bits per heavy atom. The highest BCUT2D eigenvalue weighted by atomic mass is 16.7. The monoisotopic (exact) mass is 379 g/mol. The molecule has 3 aliphatic rings. The number of hydrogen-bond donors (Lipinski definition) is 1. The van der Waals surface area contributed by atoms with Crippen molar-refractivity contribution in [3.8, 4) is 11.5 Å². The molecule has 3 aromatic rings. The highest BCUT2D eigenvalue weighted by molar-refractivity contribution is 6.05. The van der Waals surface area contributed by atoms with E-state index in [0.717, 1.165) is 26.2 Å². The van der Waals surface area contributed by atoms with Crippen molar-refractivity contribution < 1.29 is 23.4 Å². The van der Waals surface area contributed by atoms with Gasteiger partial charge < -0.3 is 28.8 Å². The number of hydrogen-bond acceptors (Lipinski definition) is 7. The molecular weight excluding hydrogens is 362 g/mol. The molecule has 1 N–H and O–H groups in total. The molecule has 1 aromatic heterocycles. The van der Waals surface area contributed by atoms with E-state index in [0.29, 0.717) is 39.9 Å². The number of carbonyl (C=O) groups is 1. The van der Waals surface area contributed by atoms with Crippen molar-refractivity contribution in [2.75, 3.05) is 36.8 Å². The zero-order chi connectivity index (χ0) is 18.7. The average molecular weight is 379 g/mol. The van der Waals surface area contributed by atoms with Gasteiger partial charge in [-0.1, -0.05) is 0 Å². The van der Waals surface area contributed by atoms with Gasteiger partial charge >= 0.3 is 0 Å². The fourth-order valence-corrected chi connectivity index (χ4v) is 3.83. The molecule has 0 saturated carbocycles. The van der Waals surface area contributed by atoms with Gasteiger partial charge in [0.05, 0.1) is 18.8 Å². The number of oxazole rings is 1. The average Bonchev–Trinajstić information content (AvgIpc) is 3.24. The fourth-order valence-electron chi connectivity index (χ4n) is 3.83. The van der Waals surface area contributed by atoms with E-state index in [9.17, 15) is 4.79 Å². The van der Waals surface area contributed by atoms with E-state index in [4.69, 9.17) is 18.6 Å². The number of amides is 1. The van der Waals surface area contributed by atoms with Gasteiger partial charge in [0.1, 0.15) is 5.52 Å². The lowest BCUT2D eigenvalue weighted by atomic mass is 9.83. The Hall–Kier alpha value is -3.26. The van der Waals surface area contributed by atoms with Crippen LogP contribution in [0.5, 0.6) is 11.5 Å². The first kappa shape index (κ1) is 15.8. The Morgan fingerprint density at radius 1 is 1.11 bits per heavy atom. The third-order valence-corrected chi connectivity index (χ3v) is 5.61. The number of nitrogens with one attached hydrogen (secondary N) is 1. The minimum absolute atomic E-state index is 0.0667. The summed E-state index contributed by atoms with van der Waals surface area (Å²) in [5, 5.41) is 2.90. The molecule has 6 rings (SSSR count). The standard InChI is InChI=1S/C20H17N3O5/c24-18(12-1-3-16-17(7-12)27-11-26-16)21-13-2-4-15-14(8-13)22-19(28-15)23-6-5-20(23)9-25-10-20/h1-4,7-8H,5-6,9-11H2,(H,21,24). The van der Waals surface area contributed by atoms with Gasteiger partial charge in [0, 0.05) is 17.8 Å². The van der Waals surface area contributed by atoms with Crippen LogP contribution in [0, 0.1) is 0 Å². The van der Waals surface area contributed by atoms with E-state index in [1.807, 2.05) is 12.1 Å². The summed E-state index contributed by atoms with van der Waals surface area (Å²) >= 11 is 0. The van der Waals surface area contributed by atoms with Crippen molar-refractivity contribution in [3.63, 3.8) is 0 Å². The number of ether oxygens (including phenoxy) is 3. The van der Waals surface area contributed by atoms with Gasteiger partial charge in [-0.15, -0.1) is 0 Å². The van der Waals surface area contributed by atoms with Crippen molar-refractivity contribution in [2.24, 2.45) is 0 Å². The second-order valence-electron chi connectivity index (χ2n) is 7.32. The molecule has 1 amide bonds. The minimum atomic E-state index is -0.227. The van der Waals surface area contributed by atoms with Crippen LogP contribution < -0.4 is 19.7 Å². The molecule has 2 saturated heterocycles. The summed E-state index contributed by atoms with van der Waals surface area (Å²) in [4.78, 5) is 19.4.